The summed E-state index contributed by atoms with van der Waals surface area (Å²) in [6, 6.07) is 5.63. The Morgan fingerprint density at radius 2 is 2.00 bits per heavy atom. The van der Waals surface area contributed by atoms with E-state index in [-0.39, 0.29) is 11.5 Å². The predicted octanol–water partition coefficient (Wildman–Crippen LogP) is 2.20. The van der Waals surface area contributed by atoms with Crippen molar-refractivity contribution in [1.82, 2.24) is 0 Å². The van der Waals surface area contributed by atoms with Gasteiger partial charge in [0.05, 0.1) is 4.92 Å². The number of nitro benzene ring substituents is 1. The number of methoxy groups -OCH3 is 1. The van der Waals surface area contributed by atoms with E-state index in [9.17, 15) is 14.9 Å². The van der Waals surface area contributed by atoms with Crippen LogP contribution in [0.25, 0.3) is 0 Å². The molecule has 86 valence electrons. The van der Waals surface area contributed by atoms with Gasteiger partial charge in [-0.3, -0.25) is 14.9 Å². The van der Waals surface area contributed by atoms with Gasteiger partial charge >= 0.3 is 0 Å². The third kappa shape index (κ3) is 3.43. The molecular formula is C11H13NO4. The molecule has 0 spiro atoms. The highest BCUT2D eigenvalue weighted by Gasteiger charge is 2.08. The topological polar surface area (TPSA) is 69.4 Å². The fourth-order valence-corrected chi connectivity index (χ4v) is 1.29. The first-order chi connectivity index (χ1) is 7.65. The first kappa shape index (κ1) is 12.3. The lowest BCUT2D eigenvalue weighted by molar-refractivity contribution is -0.384. The van der Waals surface area contributed by atoms with Crippen molar-refractivity contribution in [1.29, 1.82) is 0 Å². The molecule has 5 heteroatoms. The third-order valence-electron chi connectivity index (χ3n) is 2.15. The van der Waals surface area contributed by atoms with Crippen LogP contribution in [0.2, 0.25) is 0 Å². The monoisotopic (exact) mass is 223 g/mol. The van der Waals surface area contributed by atoms with E-state index in [1.54, 1.807) is 7.11 Å². The van der Waals surface area contributed by atoms with Crippen molar-refractivity contribution in [2.75, 3.05) is 13.7 Å². The van der Waals surface area contributed by atoms with E-state index < -0.39 is 4.92 Å². The lowest BCUT2D eigenvalue weighted by Gasteiger charge is -2.00. The molecule has 0 N–H and O–H groups in total. The first-order valence-corrected chi connectivity index (χ1v) is 4.91. The van der Waals surface area contributed by atoms with Gasteiger partial charge in [0.25, 0.3) is 5.69 Å². The van der Waals surface area contributed by atoms with Crippen LogP contribution < -0.4 is 0 Å². The number of carbonyl (C=O) groups excluding carboxylic acids is 1. The van der Waals surface area contributed by atoms with Crippen LogP contribution in [-0.2, 0) is 4.74 Å². The Labute approximate surface area is 93.2 Å². The molecule has 0 aliphatic rings. The Morgan fingerprint density at radius 3 is 2.50 bits per heavy atom. The minimum absolute atomic E-state index is 0.00607. The van der Waals surface area contributed by atoms with E-state index in [1.807, 2.05) is 0 Å². The SMILES string of the molecule is COCCCC(=O)c1ccc([N+](=O)[O-])cc1. The predicted molar refractivity (Wildman–Crippen MR) is 58.5 cm³/mol. The summed E-state index contributed by atoms with van der Waals surface area (Å²) in [4.78, 5) is 21.5. The molecule has 0 heterocycles. The number of non-ortho nitro benzene ring substituents is 1. The molecule has 0 saturated heterocycles. The maximum Gasteiger partial charge on any atom is 0.269 e. The van der Waals surface area contributed by atoms with E-state index >= 15 is 0 Å². The maximum atomic E-state index is 11.6. The number of benzene rings is 1. The molecular weight excluding hydrogens is 210 g/mol. The van der Waals surface area contributed by atoms with Crippen molar-refractivity contribution in [2.24, 2.45) is 0 Å². The average molecular weight is 223 g/mol. The quantitative estimate of drug-likeness (QED) is 0.321. The zero-order valence-corrected chi connectivity index (χ0v) is 9.01. The zero-order chi connectivity index (χ0) is 12.0. The van der Waals surface area contributed by atoms with Gasteiger partial charge in [-0.2, -0.15) is 0 Å². The second kappa shape index (κ2) is 5.97. The van der Waals surface area contributed by atoms with Crippen LogP contribution in [0.1, 0.15) is 23.2 Å². The molecule has 1 aromatic carbocycles. The van der Waals surface area contributed by atoms with Gasteiger partial charge in [0.15, 0.2) is 5.78 Å². The number of hydrogen-bond acceptors (Lipinski definition) is 4. The third-order valence-corrected chi connectivity index (χ3v) is 2.15. The van der Waals surface area contributed by atoms with Gasteiger partial charge in [-0.05, 0) is 18.6 Å². The Hall–Kier alpha value is -1.75. The van der Waals surface area contributed by atoms with Crippen molar-refractivity contribution < 1.29 is 14.5 Å². The molecule has 16 heavy (non-hydrogen) atoms. The van der Waals surface area contributed by atoms with Crippen molar-refractivity contribution in [3.63, 3.8) is 0 Å². The molecule has 5 nitrogen and oxygen atoms in total. The van der Waals surface area contributed by atoms with Crippen LogP contribution in [0.3, 0.4) is 0 Å². The second-order valence-corrected chi connectivity index (χ2v) is 3.32. The lowest BCUT2D eigenvalue weighted by Crippen LogP contribution is -2.01. The molecule has 1 aromatic rings. The van der Waals surface area contributed by atoms with Crippen LogP contribution in [0.4, 0.5) is 5.69 Å². The lowest BCUT2D eigenvalue weighted by atomic mass is 10.1. The molecule has 0 aliphatic carbocycles. The smallest absolute Gasteiger partial charge is 0.269 e. The van der Waals surface area contributed by atoms with E-state index in [2.05, 4.69) is 0 Å². The minimum Gasteiger partial charge on any atom is -0.385 e. The highest BCUT2D eigenvalue weighted by Crippen LogP contribution is 2.13. The van der Waals surface area contributed by atoms with E-state index in [0.29, 0.717) is 25.0 Å². The van der Waals surface area contributed by atoms with Crippen LogP contribution in [-0.4, -0.2) is 24.4 Å². The molecule has 0 bridgehead atoms. The van der Waals surface area contributed by atoms with Gasteiger partial charge in [0.2, 0.25) is 0 Å². The molecule has 0 atom stereocenters. The number of ether oxygens (including phenoxy) is 1. The van der Waals surface area contributed by atoms with Crippen molar-refractivity contribution >= 4 is 11.5 Å². The normalized spacial score (nSPS) is 10.1. The molecule has 0 radical (unpaired) electrons. The Balaban J connectivity index is 2.59. The number of nitrogens with zero attached hydrogens (tertiary/aromatic N) is 1. The molecule has 0 saturated carbocycles. The van der Waals surface area contributed by atoms with Gasteiger partial charge in [-0.1, -0.05) is 0 Å². The number of rotatable bonds is 6. The van der Waals surface area contributed by atoms with Gasteiger partial charge in [0, 0.05) is 37.8 Å². The van der Waals surface area contributed by atoms with Gasteiger partial charge in [0.1, 0.15) is 0 Å². The van der Waals surface area contributed by atoms with Gasteiger partial charge in [-0.15, -0.1) is 0 Å². The van der Waals surface area contributed by atoms with Crippen LogP contribution >= 0.6 is 0 Å². The van der Waals surface area contributed by atoms with E-state index in [1.165, 1.54) is 24.3 Å². The molecule has 0 aliphatic heterocycles. The second-order valence-electron chi connectivity index (χ2n) is 3.32. The summed E-state index contributed by atoms with van der Waals surface area (Å²) in [5.74, 6) is -0.0213. The fourth-order valence-electron chi connectivity index (χ4n) is 1.29. The highest BCUT2D eigenvalue weighted by molar-refractivity contribution is 5.96. The fraction of sp³-hybridized carbons (Fsp3) is 0.364. The summed E-state index contributed by atoms with van der Waals surface area (Å²) in [5, 5.41) is 10.4. The molecule has 0 aromatic heterocycles. The summed E-state index contributed by atoms with van der Waals surface area (Å²) in [6.45, 7) is 0.540. The summed E-state index contributed by atoms with van der Waals surface area (Å²) in [7, 11) is 1.58. The summed E-state index contributed by atoms with van der Waals surface area (Å²) in [6.07, 6.45) is 1.05. The largest absolute Gasteiger partial charge is 0.385 e. The van der Waals surface area contributed by atoms with E-state index in [0.717, 1.165) is 0 Å². The standard InChI is InChI=1S/C11H13NO4/c1-16-8-2-3-11(13)9-4-6-10(7-5-9)12(14)15/h4-7H,2-3,8H2,1H3. The molecule has 0 fully saturated rings. The zero-order valence-electron chi connectivity index (χ0n) is 9.01. The van der Waals surface area contributed by atoms with Crippen molar-refractivity contribution in [3.05, 3.63) is 39.9 Å². The molecule has 1 rings (SSSR count). The van der Waals surface area contributed by atoms with E-state index in [4.69, 9.17) is 4.74 Å². The molecule has 0 unspecified atom stereocenters. The van der Waals surface area contributed by atoms with Crippen molar-refractivity contribution in [3.8, 4) is 0 Å². The Kier molecular flexibility index (Phi) is 4.60. The number of carbonyl (C=O) groups is 1. The van der Waals surface area contributed by atoms with Crippen LogP contribution in [0.15, 0.2) is 24.3 Å². The van der Waals surface area contributed by atoms with Crippen molar-refractivity contribution in [2.45, 2.75) is 12.8 Å². The highest BCUT2D eigenvalue weighted by atomic mass is 16.6. The average Bonchev–Trinajstić information content (AvgIpc) is 2.29. The number of hydrogen-bond donors (Lipinski definition) is 0. The Morgan fingerprint density at radius 1 is 1.38 bits per heavy atom. The maximum absolute atomic E-state index is 11.6. The van der Waals surface area contributed by atoms with Gasteiger partial charge in [-0.25, -0.2) is 0 Å². The Bertz CT molecular complexity index is 372. The number of ketones is 1. The first-order valence-electron chi connectivity index (χ1n) is 4.91. The number of nitro groups is 1. The van der Waals surface area contributed by atoms with Crippen LogP contribution in [0, 0.1) is 10.1 Å². The summed E-state index contributed by atoms with van der Waals surface area (Å²) in [5.41, 5.74) is 0.496. The van der Waals surface area contributed by atoms with Crippen LogP contribution in [0.5, 0.6) is 0 Å². The summed E-state index contributed by atoms with van der Waals surface area (Å²) >= 11 is 0. The molecule has 0 amide bonds. The van der Waals surface area contributed by atoms with Gasteiger partial charge < -0.3 is 4.74 Å². The number of Topliss-reactive ketones (excluding diaryl/α,β-unsaturated/α-hetero) is 1. The minimum atomic E-state index is -0.487. The summed E-state index contributed by atoms with van der Waals surface area (Å²) < 4.78 is 4.84.